The zero-order valence-corrected chi connectivity index (χ0v) is 12.3. The van der Waals surface area contributed by atoms with Gasteiger partial charge in [-0.2, -0.15) is 0 Å². The van der Waals surface area contributed by atoms with Gasteiger partial charge in [0.15, 0.2) is 0 Å². The maximum Gasteiger partial charge on any atom is 0.323 e. The van der Waals surface area contributed by atoms with Crippen molar-refractivity contribution < 1.29 is 14.7 Å². The lowest BCUT2D eigenvalue weighted by molar-refractivity contribution is -0.138. The van der Waals surface area contributed by atoms with E-state index in [1.54, 1.807) is 36.7 Å². The first-order valence-electron chi connectivity index (χ1n) is 6.80. The molecule has 1 heterocycles. The summed E-state index contributed by atoms with van der Waals surface area (Å²) in [4.78, 5) is 24.6. The second-order valence-electron chi connectivity index (χ2n) is 5.03. The third kappa shape index (κ3) is 3.01. The summed E-state index contributed by atoms with van der Waals surface area (Å²) in [6.45, 7) is 5.90. The highest BCUT2D eigenvalue weighted by molar-refractivity contribution is 5.98. The Balaban J connectivity index is 2.35. The van der Waals surface area contributed by atoms with Crippen molar-refractivity contribution in [3.8, 4) is 0 Å². The van der Waals surface area contributed by atoms with Gasteiger partial charge in [-0.05, 0) is 39.0 Å². The van der Waals surface area contributed by atoms with E-state index in [0.29, 0.717) is 17.6 Å². The van der Waals surface area contributed by atoms with Crippen LogP contribution in [0.25, 0.3) is 11.0 Å². The molecule has 112 valence electrons. The summed E-state index contributed by atoms with van der Waals surface area (Å²) < 4.78 is 1.74. The van der Waals surface area contributed by atoms with Crippen LogP contribution in [-0.4, -0.2) is 49.5 Å². The summed E-state index contributed by atoms with van der Waals surface area (Å²) in [6.07, 6.45) is 0. The predicted molar refractivity (Wildman–Crippen MR) is 77.0 cm³/mol. The van der Waals surface area contributed by atoms with Gasteiger partial charge in [0.2, 0.25) is 0 Å². The number of fused-ring (bicyclic) bond motifs is 1. The molecule has 21 heavy (non-hydrogen) atoms. The van der Waals surface area contributed by atoms with Crippen molar-refractivity contribution in [1.29, 1.82) is 0 Å². The lowest BCUT2D eigenvalue weighted by Gasteiger charge is -2.24. The Labute approximate surface area is 122 Å². The van der Waals surface area contributed by atoms with E-state index in [2.05, 4.69) is 10.3 Å². The Bertz CT molecular complexity index is 678. The summed E-state index contributed by atoms with van der Waals surface area (Å²) in [5, 5.41) is 16.9. The molecular formula is C14H18N4O3. The van der Waals surface area contributed by atoms with E-state index in [1.165, 1.54) is 4.90 Å². The van der Waals surface area contributed by atoms with E-state index in [1.807, 2.05) is 6.92 Å². The number of nitrogens with zero attached hydrogens (tertiary/aromatic N) is 4. The van der Waals surface area contributed by atoms with Crippen LogP contribution in [0.5, 0.6) is 0 Å². The number of carbonyl (C=O) groups is 2. The van der Waals surface area contributed by atoms with Crippen molar-refractivity contribution in [3.05, 3.63) is 23.8 Å². The Morgan fingerprint density at radius 3 is 2.67 bits per heavy atom. The lowest BCUT2D eigenvalue weighted by atomic mass is 10.1. The molecule has 7 nitrogen and oxygen atoms in total. The molecule has 1 aromatic carbocycles. The minimum atomic E-state index is -1.03. The number of rotatable bonds is 5. The minimum Gasteiger partial charge on any atom is -0.480 e. The van der Waals surface area contributed by atoms with E-state index in [0.717, 1.165) is 5.52 Å². The fraction of sp³-hybridized carbons (Fsp3) is 0.429. The Hall–Kier alpha value is -2.44. The summed E-state index contributed by atoms with van der Waals surface area (Å²) in [7, 11) is 0. The predicted octanol–water partition coefficient (Wildman–Crippen LogP) is 1.39. The van der Waals surface area contributed by atoms with E-state index in [4.69, 9.17) is 5.11 Å². The fourth-order valence-electron chi connectivity index (χ4n) is 2.14. The number of hydrogen-bond acceptors (Lipinski definition) is 4. The van der Waals surface area contributed by atoms with Crippen LogP contribution in [0.15, 0.2) is 18.2 Å². The van der Waals surface area contributed by atoms with Crippen LogP contribution in [0.3, 0.4) is 0 Å². The van der Waals surface area contributed by atoms with E-state index in [9.17, 15) is 9.59 Å². The van der Waals surface area contributed by atoms with Gasteiger partial charge in [-0.3, -0.25) is 9.59 Å². The summed E-state index contributed by atoms with van der Waals surface area (Å²) in [6, 6.07) is 4.91. The van der Waals surface area contributed by atoms with Crippen LogP contribution >= 0.6 is 0 Å². The summed E-state index contributed by atoms with van der Waals surface area (Å²) in [5.41, 5.74) is 1.89. The number of carboxylic acid groups (broad SMARTS) is 1. The van der Waals surface area contributed by atoms with Crippen molar-refractivity contribution in [3.63, 3.8) is 0 Å². The Morgan fingerprint density at radius 2 is 2.10 bits per heavy atom. The molecule has 0 atom stereocenters. The van der Waals surface area contributed by atoms with Gasteiger partial charge in [-0.25, -0.2) is 4.68 Å². The molecule has 2 rings (SSSR count). The molecule has 1 amide bonds. The number of aromatic nitrogens is 3. The largest absolute Gasteiger partial charge is 0.480 e. The Kier molecular flexibility index (Phi) is 4.21. The first kappa shape index (κ1) is 15.0. The number of aliphatic carboxylic acids is 1. The van der Waals surface area contributed by atoms with Crippen LogP contribution in [0.4, 0.5) is 0 Å². The molecule has 0 bridgehead atoms. The number of benzene rings is 1. The van der Waals surface area contributed by atoms with Crippen LogP contribution < -0.4 is 0 Å². The first-order valence-corrected chi connectivity index (χ1v) is 6.80. The maximum atomic E-state index is 12.4. The highest BCUT2D eigenvalue weighted by Crippen LogP contribution is 2.16. The minimum absolute atomic E-state index is 0.198. The standard InChI is InChI=1S/C14H18N4O3/c1-4-18-12-6-5-10(7-11(12)15-16-18)14(21)17(9(2)3)8-13(19)20/h5-7,9H,4,8H2,1-3H3,(H,19,20). The van der Waals surface area contributed by atoms with Gasteiger partial charge < -0.3 is 10.0 Å². The second-order valence-corrected chi connectivity index (χ2v) is 5.03. The number of carboxylic acids is 1. The van der Waals surface area contributed by atoms with Gasteiger partial charge in [-0.15, -0.1) is 5.10 Å². The van der Waals surface area contributed by atoms with Crippen LogP contribution in [0, 0.1) is 0 Å². The second kappa shape index (κ2) is 5.90. The van der Waals surface area contributed by atoms with E-state index < -0.39 is 5.97 Å². The molecule has 0 unspecified atom stereocenters. The molecule has 0 aliphatic carbocycles. The quantitative estimate of drug-likeness (QED) is 0.898. The van der Waals surface area contributed by atoms with Crippen molar-refractivity contribution in [2.45, 2.75) is 33.4 Å². The third-order valence-electron chi connectivity index (χ3n) is 3.25. The zero-order chi connectivity index (χ0) is 15.6. The van der Waals surface area contributed by atoms with Crippen LogP contribution in [-0.2, 0) is 11.3 Å². The Morgan fingerprint density at radius 1 is 1.38 bits per heavy atom. The smallest absolute Gasteiger partial charge is 0.323 e. The highest BCUT2D eigenvalue weighted by atomic mass is 16.4. The van der Waals surface area contributed by atoms with Gasteiger partial charge in [0.25, 0.3) is 5.91 Å². The number of aryl methyl sites for hydroxylation is 1. The number of amides is 1. The molecule has 0 spiro atoms. The average Bonchev–Trinajstić information content (AvgIpc) is 2.85. The average molecular weight is 290 g/mol. The molecule has 0 fully saturated rings. The SMILES string of the molecule is CCn1nnc2cc(C(=O)N(CC(=O)O)C(C)C)ccc21. The van der Waals surface area contributed by atoms with E-state index in [-0.39, 0.29) is 18.5 Å². The molecule has 0 aliphatic heterocycles. The van der Waals surface area contributed by atoms with Gasteiger partial charge in [-0.1, -0.05) is 5.21 Å². The number of carbonyl (C=O) groups excluding carboxylic acids is 1. The fourth-order valence-corrected chi connectivity index (χ4v) is 2.14. The van der Waals surface area contributed by atoms with Crippen LogP contribution in [0.2, 0.25) is 0 Å². The van der Waals surface area contributed by atoms with Crippen molar-refractivity contribution in [2.75, 3.05) is 6.54 Å². The van der Waals surface area contributed by atoms with Crippen molar-refractivity contribution in [2.24, 2.45) is 0 Å². The van der Waals surface area contributed by atoms with Crippen molar-refractivity contribution in [1.82, 2.24) is 19.9 Å². The molecule has 1 aromatic heterocycles. The molecule has 0 saturated heterocycles. The van der Waals surface area contributed by atoms with E-state index >= 15 is 0 Å². The maximum absolute atomic E-state index is 12.4. The molecule has 7 heteroatoms. The summed E-state index contributed by atoms with van der Waals surface area (Å²) in [5.74, 6) is -1.35. The molecule has 0 radical (unpaired) electrons. The van der Waals surface area contributed by atoms with Gasteiger partial charge in [0.05, 0.1) is 5.52 Å². The topological polar surface area (TPSA) is 88.3 Å². The zero-order valence-electron chi connectivity index (χ0n) is 12.3. The molecule has 1 N–H and O–H groups in total. The highest BCUT2D eigenvalue weighted by Gasteiger charge is 2.22. The van der Waals surface area contributed by atoms with Gasteiger partial charge in [0, 0.05) is 18.2 Å². The normalized spacial score (nSPS) is 11.0. The molecule has 2 aromatic rings. The summed E-state index contributed by atoms with van der Waals surface area (Å²) >= 11 is 0. The molecule has 0 saturated carbocycles. The number of hydrogen-bond donors (Lipinski definition) is 1. The van der Waals surface area contributed by atoms with Crippen molar-refractivity contribution >= 4 is 22.9 Å². The molecule has 0 aliphatic rings. The monoisotopic (exact) mass is 290 g/mol. The lowest BCUT2D eigenvalue weighted by Crippen LogP contribution is -2.40. The third-order valence-corrected chi connectivity index (χ3v) is 3.25. The molecular weight excluding hydrogens is 272 g/mol. The van der Waals surface area contributed by atoms with Crippen LogP contribution in [0.1, 0.15) is 31.1 Å². The first-order chi connectivity index (χ1) is 9.93. The van der Waals surface area contributed by atoms with Gasteiger partial charge >= 0.3 is 5.97 Å². The van der Waals surface area contributed by atoms with Gasteiger partial charge in [0.1, 0.15) is 12.1 Å².